The summed E-state index contributed by atoms with van der Waals surface area (Å²) in [6.45, 7) is 2.23. The molecule has 1 aromatic heterocycles. The fraction of sp³-hybridized carbons (Fsp3) is 0.500. The molecule has 0 atom stereocenters. The lowest BCUT2D eigenvalue weighted by molar-refractivity contribution is 0.278. The first-order valence-electron chi connectivity index (χ1n) is 10.3. The topological polar surface area (TPSA) is 104 Å². The van der Waals surface area contributed by atoms with Crippen LogP contribution in [-0.4, -0.2) is 23.4 Å². The molecule has 0 aliphatic heterocycles. The Labute approximate surface area is 185 Å². The molecule has 3 rings (SSSR count). The summed E-state index contributed by atoms with van der Waals surface area (Å²) in [6, 6.07) is 5.43. The number of phenols is 1. The van der Waals surface area contributed by atoms with Gasteiger partial charge in [-0.05, 0) is 65.2 Å². The summed E-state index contributed by atoms with van der Waals surface area (Å²) in [5, 5.41) is 23.4. The maximum absolute atomic E-state index is 9.89. The highest BCUT2D eigenvalue weighted by Crippen LogP contribution is 2.38. The van der Waals surface area contributed by atoms with Crippen molar-refractivity contribution in [1.82, 2.24) is 4.98 Å². The van der Waals surface area contributed by atoms with Gasteiger partial charge in [-0.3, -0.25) is 0 Å². The van der Waals surface area contributed by atoms with Crippen molar-refractivity contribution in [2.24, 2.45) is 11.0 Å². The number of benzene rings is 1. The van der Waals surface area contributed by atoms with Gasteiger partial charge in [-0.15, -0.1) is 0 Å². The Morgan fingerprint density at radius 1 is 1.40 bits per heavy atom. The summed E-state index contributed by atoms with van der Waals surface area (Å²) < 4.78 is 11.5. The highest BCUT2D eigenvalue weighted by molar-refractivity contribution is 9.10. The van der Waals surface area contributed by atoms with Gasteiger partial charge in [0.2, 0.25) is 11.6 Å². The van der Waals surface area contributed by atoms with Crippen molar-refractivity contribution in [3.63, 3.8) is 0 Å². The molecule has 7 nitrogen and oxygen atoms in total. The van der Waals surface area contributed by atoms with Crippen molar-refractivity contribution in [3.8, 4) is 17.6 Å². The van der Waals surface area contributed by atoms with E-state index in [9.17, 15) is 10.4 Å². The molecular weight excluding hydrogens is 448 g/mol. The van der Waals surface area contributed by atoms with Crippen LogP contribution < -0.4 is 10.2 Å². The number of oxazole rings is 1. The molecule has 1 heterocycles. The number of methoxy groups -OCH3 is 1. The van der Waals surface area contributed by atoms with E-state index < -0.39 is 0 Å². The number of ether oxygens (including phenoxy) is 1. The molecule has 0 radical (unpaired) electrons. The van der Waals surface area contributed by atoms with E-state index in [2.05, 4.69) is 44.4 Å². The molecule has 1 aromatic carbocycles. The van der Waals surface area contributed by atoms with Crippen LogP contribution in [0.1, 0.15) is 74.9 Å². The molecule has 2 N–H and O–H groups in total. The van der Waals surface area contributed by atoms with Gasteiger partial charge >= 0.3 is 0 Å². The van der Waals surface area contributed by atoms with Crippen LogP contribution >= 0.6 is 15.9 Å². The second-order valence-electron chi connectivity index (χ2n) is 7.63. The van der Waals surface area contributed by atoms with E-state index in [-0.39, 0.29) is 23.2 Å². The minimum atomic E-state index is 0.0265. The molecule has 0 saturated heterocycles. The van der Waals surface area contributed by atoms with E-state index in [4.69, 9.17) is 9.15 Å². The monoisotopic (exact) mass is 474 g/mol. The van der Waals surface area contributed by atoms with Crippen molar-refractivity contribution >= 4 is 28.0 Å². The number of nitrogens with one attached hydrogen (secondary N) is 1. The first-order valence-corrected chi connectivity index (χ1v) is 11.1. The van der Waals surface area contributed by atoms with Gasteiger partial charge in [0.25, 0.3) is 5.88 Å². The molecule has 2 aromatic rings. The summed E-state index contributed by atoms with van der Waals surface area (Å²) in [5.74, 6) is 2.29. The molecule has 30 heavy (non-hydrogen) atoms. The lowest BCUT2D eigenvalue weighted by Crippen LogP contribution is -2.13. The van der Waals surface area contributed by atoms with Gasteiger partial charge in [0.1, 0.15) is 6.07 Å². The predicted molar refractivity (Wildman–Crippen MR) is 119 cm³/mol. The van der Waals surface area contributed by atoms with Gasteiger partial charge < -0.3 is 14.3 Å². The summed E-state index contributed by atoms with van der Waals surface area (Å²) >= 11 is 3.28. The zero-order chi connectivity index (χ0) is 21.5. The van der Waals surface area contributed by atoms with Crippen LogP contribution in [0.4, 0.5) is 5.88 Å². The molecule has 8 heteroatoms. The Morgan fingerprint density at radius 2 is 2.17 bits per heavy atom. The van der Waals surface area contributed by atoms with E-state index in [1.165, 1.54) is 39.2 Å². The fourth-order valence-electron chi connectivity index (χ4n) is 3.84. The summed E-state index contributed by atoms with van der Waals surface area (Å²) in [7, 11) is 1.48. The van der Waals surface area contributed by atoms with Crippen LogP contribution in [0.15, 0.2) is 26.1 Å². The third-order valence-corrected chi connectivity index (χ3v) is 6.17. The Bertz CT molecular complexity index is 927. The normalized spacial score (nSPS) is 19.0. The third kappa shape index (κ3) is 5.33. The quantitative estimate of drug-likeness (QED) is 0.362. The Hall–Kier alpha value is -2.53. The van der Waals surface area contributed by atoms with Crippen molar-refractivity contribution in [2.45, 2.75) is 57.8 Å². The number of hydrogen-bond acceptors (Lipinski definition) is 7. The van der Waals surface area contributed by atoms with Gasteiger partial charge in [-0.2, -0.15) is 10.4 Å². The number of aromatic nitrogens is 1. The lowest BCUT2D eigenvalue weighted by atomic mass is 9.80. The number of unbranched alkanes of at least 4 members (excludes halogenated alkanes) is 1. The van der Waals surface area contributed by atoms with Crippen molar-refractivity contribution < 1.29 is 14.3 Å². The van der Waals surface area contributed by atoms with Crippen molar-refractivity contribution in [3.05, 3.63) is 33.8 Å². The van der Waals surface area contributed by atoms with Crippen molar-refractivity contribution in [2.75, 3.05) is 12.5 Å². The Balaban J connectivity index is 1.65. The molecule has 1 fully saturated rings. The van der Waals surface area contributed by atoms with Gasteiger partial charge in [0.15, 0.2) is 11.5 Å². The number of phenolic OH excluding ortho intramolecular Hbond substituents is 1. The van der Waals surface area contributed by atoms with E-state index in [0.717, 1.165) is 18.8 Å². The highest BCUT2D eigenvalue weighted by atomic mass is 79.9. The average Bonchev–Trinajstić information content (AvgIpc) is 3.18. The van der Waals surface area contributed by atoms with Crippen LogP contribution in [0.25, 0.3) is 0 Å². The van der Waals surface area contributed by atoms with Gasteiger partial charge in [0.05, 0.1) is 17.8 Å². The van der Waals surface area contributed by atoms with E-state index in [1.807, 2.05) is 0 Å². The Kier molecular flexibility index (Phi) is 7.75. The van der Waals surface area contributed by atoms with Crippen LogP contribution in [0.2, 0.25) is 0 Å². The van der Waals surface area contributed by atoms with Gasteiger partial charge in [0, 0.05) is 5.92 Å². The zero-order valence-electron chi connectivity index (χ0n) is 17.3. The minimum absolute atomic E-state index is 0.0265. The maximum atomic E-state index is 9.89. The summed E-state index contributed by atoms with van der Waals surface area (Å²) in [6.07, 6.45) is 9.86. The number of rotatable bonds is 8. The first kappa shape index (κ1) is 22.2. The second-order valence-corrected chi connectivity index (χ2v) is 8.48. The number of hydrogen-bond donors (Lipinski definition) is 2. The van der Waals surface area contributed by atoms with Crippen LogP contribution in [0.5, 0.6) is 11.5 Å². The number of aromatic hydroxyl groups is 1. The maximum Gasteiger partial charge on any atom is 0.252 e. The smallest absolute Gasteiger partial charge is 0.252 e. The fourth-order valence-corrected chi connectivity index (χ4v) is 4.30. The largest absolute Gasteiger partial charge is 0.503 e. The molecule has 1 aliphatic carbocycles. The number of hydrazone groups is 1. The predicted octanol–water partition coefficient (Wildman–Crippen LogP) is 5.93. The molecule has 1 aliphatic rings. The summed E-state index contributed by atoms with van der Waals surface area (Å²) in [5.41, 5.74) is 3.69. The molecule has 0 amide bonds. The summed E-state index contributed by atoms with van der Waals surface area (Å²) in [4.78, 5) is 4.39. The van der Waals surface area contributed by atoms with E-state index in [0.29, 0.717) is 21.7 Å². The molecular formula is C22H27BrN4O3. The SMILES string of the molecule is CCCCC1CCC(c2nc(C#N)c(N/N=C\c3cc(Br)c(O)c(OC)c3)o2)CC1. The Morgan fingerprint density at radius 3 is 2.83 bits per heavy atom. The standard InChI is InChI=1S/C22H27BrN4O3/c1-3-4-5-14-6-8-16(9-7-14)21-26-18(12-24)22(30-21)27-25-13-15-10-17(23)20(28)19(11-15)29-2/h10-11,13-14,16,27-28H,3-9H2,1-2H3/b25-13-. The molecule has 0 unspecified atom stereocenters. The number of nitriles is 1. The first-order chi connectivity index (χ1) is 14.5. The highest BCUT2D eigenvalue weighted by Gasteiger charge is 2.27. The van der Waals surface area contributed by atoms with E-state index in [1.54, 1.807) is 18.3 Å². The second kappa shape index (κ2) is 10.5. The minimum Gasteiger partial charge on any atom is -0.503 e. The lowest BCUT2D eigenvalue weighted by Gasteiger charge is -2.26. The third-order valence-electron chi connectivity index (χ3n) is 5.56. The average molecular weight is 475 g/mol. The van der Waals surface area contributed by atoms with E-state index >= 15 is 0 Å². The number of anilines is 1. The number of halogens is 1. The van der Waals surface area contributed by atoms with Crippen LogP contribution in [-0.2, 0) is 0 Å². The number of nitrogens with zero attached hydrogens (tertiary/aromatic N) is 3. The van der Waals surface area contributed by atoms with Gasteiger partial charge in [-0.25, -0.2) is 10.4 Å². The van der Waals surface area contributed by atoms with Crippen LogP contribution in [0, 0.1) is 17.2 Å². The molecule has 0 spiro atoms. The van der Waals surface area contributed by atoms with Crippen molar-refractivity contribution in [1.29, 1.82) is 5.26 Å². The molecule has 1 saturated carbocycles. The van der Waals surface area contributed by atoms with Gasteiger partial charge in [-0.1, -0.05) is 26.2 Å². The van der Waals surface area contributed by atoms with Crippen LogP contribution in [0.3, 0.4) is 0 Å². The molecule has 160 valence electrons. The molecule has 0 bridgehead atoms. The zero-order valence-corrected chi connectivity index (χ0v) is 18.9.